The highest BCUT2D eigenvalue weighted by Crippen LogP contribution is 2.13. The predicted molar refractivity (Wildman–Crippen MR) is 61.2 cm³/mol. The molecular formula is C10H14ClN3O. The van der Waals surface area contributed by atoms with Crippen molar-refractivity contribution < 1.29 is 5.21 Å². The number of rotatable bonds is 5. The lowest BCUT2D eigenvalue weighted by Crippen LogP contribution is -2.22. The Kier molecular flexibility index (Phi) is 4.93. The normalized spacial score (nSPS) is 11.7. The third-order valence-electron chi connectivity index (χ3n) is 1.96. The molecule has 1 aromatic rings. The lowest BCUT2D eigenvalue weighted by molar-refractivity contribution is 0.316. The average molecular weight is 228 g/mol. The van der Waals surface area contributed by atoms with Crippen molar-refractivity contribution in [1.29, 1.82) is 0 Å². The van der Waals surface area contributed by atoms with Gasteiger partial charge >= 0.3 is 0 Å². The first-order valence-electron chi connectivity index (χ1n) is 4.64. The van der Waals surface area contributed by atoms with Crippen LogP contribution in [0.4, 0.5) is 0 Å². The van der Waals surface area contributed by atoms with Crippen molar-refractivity contribution >= 4 is 17.4 Å². The van der Waals surface area contributed by atoms with Crippen LogP contribution in [-0.2, 0) is 6.54 Å². The molecule has 0 atom stereocenters. The molecule has 4 nitrogen and oxygen atoms in total. The molecule has 0 unspecified atom stereocenters. The molecule has 0 aliphatic carbocycles. The number of halogens is 1. The number of nitrogens with zero attached hydrogens (tertiary/aromatic N) is 1. The molecule has 0 saturated carbocycles. The summed E-state index contributed by atoms with van der Waals surface area (Å²) in [5.41, 5.74) is 6.36. The Balaban J connectivity index is 2.29. The van der Waals surface area contributed by atoms with Gasteiger partial charge in [0, 0.05) is 24.5 Å². The predicted octanol–water partition coefficient (Wildman–Crippen LogP) is 1.57. The molecule has 0 aliphatic rings. The second kappa shape index (κ2) is 6.27. The molecule has 0 radical (unpaired) electrons. The van der Waals surface area contributed by atoms with Crippen LogP contribution < -0.4 is 11.1 Å². The van der Waals surface area contributed by atoms with Crippen LogP contribution in [0.3, 0.4) is 0 Å². The zero-order valence-corrected chi connectivity index (χ0v) is 9.04. The molecule has 1 rings (SSSR count). The van der Waals surface area contributed by atoms with Crippen LogP contribution in [0.15, 0.2) is 29.4 Å². The SMILES string of the molecule is NC(CCNCc1ccccc1Cl)=NO. The molecule has 0 aromatic heterocycles. The molecule has 0 aliphatic heterocycles. The molecular weight excluding hydrogens is 214 g/mol. The van der Waals surface area contributed by atoms with Gasteiger partial charge in [0.05, 0.1) is 0 Å². The van der Waals surface area contributed by atoms with Gasteiger partial charge in [0.25, 0.3) is 0 Å². The van der Waals surface area contributed by atoms with Crippen molar-refractivity contribution in [3.8, 4) is 0 Å². The fourth-order valence-electron chi connectivity index (χ4n) is 1.13. The van der Waals surface area contributed by atoms with E-state index in [-0.39, 0.29) is 5.84 Å². The summed E-state index contributed by atoms with van der Waals surface area (Å²) in [6.07, 6.45) is 0.515. The summed E-state index contributed by atoms with van der Waals surface area (Å²) in [5.74, 6) is 0.224. The first kappa shape index (κ1) is 11.8. The molecule has 5 heteroatoms. The Morgan fingerprint density at radius 3 is 2.87 bits per heavy atom. The van der Waals surface area contributed by atoms with Crippen LogP contribution in [0.5, 0.6) is 0 Å². The summed E-state index contributed by atoms with van der Waals surface area (Å²) in [6, 6.07) is 7.63. The van der Waals surface area contributed by atoms with E-state index >= 15 is 0 Å². The van der Waals surface area contributed by atoms with Crippen molar-refractivity contribution in [2.24, 2.45) is 10.9 Å². The van der Waals surface area contributed by atoms with Crippen LogP contribution in [-0.4, -0.2) is 17.6 Å². The Hall–Kier alpha value is -1.26. The molecule has 0 amide bonds. The summed E-state index contributed by atoms with van der Waals surface area (Å²) in [4.78, 5) is 0. The van der Waals surface area contributed by atoms with E-state index in [0.717, 1.165) is 10.6 Å². The van der Waals surface area contributed by atoms with Gasteiger partial charge in [-0.2, -0.15) is 0 Å². The lowest BCUT2D eigenvalue weighted by Gasteiger charge is -2.05. The van der Waals surface area contributed by atoms with Gasteiger partial charge in [0.15, 0.2) is 0 Å². The minimum Gasteiger partial charge on any atom is -0.409 e. The van der Waals surface area contributed by atoms with Crippen molar-refractivity contribution in [2.75, 3.05) is 6.54 Å². The van der Waals surface area contributed by atoms with Gasteiger partial charge in [-0.25, -0.2) is 0 Å². The van der Waals surface area contributed by atoms with E-state index in [2.05, 4.69) is 10.5 Å². The monoisotopic (exact) mass is 227 g/mol. The zero-order valence-electron chi connectivity index (χ0n) is 8.28. The van der Waals surface area contributed by atoms with E-state index < -0.39 is 0 Å². The van der Waals surface area contributed by atoms with E-state index in [0.29, 0.717) is 19.5 Å². The van der Waals surface area contributed by atoms with Crippen molar-refractivity contribution in [3.05, 3.63) is 34.9 Å². The maximum Gasteiger partial charge on any atom is 0.140 e. The number of benzene rings is 1. The Morgan fingerprint density at radius 1 is 1.47 bits per heavy atom. The summed E-state index contributed by atoms with van der Waals surface area (Å²) in [7, 11) is 0. The largest absolute Gasteiger partial charge is 0.409 e. The number of nitrogens with one attached hydrogen (secondary N) is 1. The first-order valence-corrected chi connectivity index (χ1v) is 5.02. The van der Waals surface area contributed by atoms with Crippen molar-refractivity contribution in [3.63, 3.8) is 0 Å². The Morgan fingerprint density at radius 2 is 2.20 bits per heavy atom. The van der Waals surface area contributed by atoms with Gasteiger partial charge in [-0.05, 0) is 11.6 Å². The second-order valence-corrected chi connectivity index (χ2v) is 3.52. The van der Waals surface area contributed by atoms with Crippen LogP contribution in [0, 0.1) is 0 Å². The van der Waals surface area contributed by atoms with Crippen LogP contribution in [0.25, 0.3) is 0 Å². The highest BCUT2D eigenvalue weighted by molar-refractivity contribution is 6.31. The zero-order chi connectivity index (χ0) is 11.1. The number of nitrogens with two attached hydrogens (primary N) is 1. The van der Waals surface area contributed by atoms with E-state index in [4.69, 9.17) is 22.5 Å². The Labute approximate surface area is 93.7 Å². The van der Waals surface area contributed by atoms with Crippen LogP contribution >= 0.6 is 11.6 Å². The molecule has 0 spiro atoms. The third-order valence-corrected chi connectivity index (χ3v) is 2.33. The molecule has 82 valence electrons. The molecule has 4 N–H and O–H groups in total. The molecule has 1 aromatic carbocycles. The summed E-state index contributed by atoms with van der Waals surface area (Å²) < 4.78 is 0. The third kappa shape index (κ3) is 4.18. The highest BCUT2D eigenvalue weighted by atomic mass is 35.5. The van der Waals surface area contributed by atoms with E-state index in [9.17, 15) is 0 Å². The van der Waals surface area contributed by atoms with E-state index in [1.807, 2.05) is 24.3 Å². The minimum absolute atomic E-state index is 0.224. The maximum absolute atomic E-state index is 8.31. The van der Waals surface area contributed by atoms with Gasteiger partial charge in [-0.15, -0.1) is 0 Å². The standard InChI is InChI=1S/C10H14ClN3O/c11-9-4-2-1-3-8(9)7-13-6-5-10(12)14-15/h1-4,13,15H,5-7H2,(H2,12,14). The maximum atomic E-state index is 8.31. The number of hydrogen-bond donors (Lipinski definition) is 3. The molecule has 0 saturated heterocycles. The average Bonchev–Trinajstić information content (AvgIpc) is 2.26. The van der Waals surface area contributed by atoms with Crippen LogP contribution in [0.1, 0.15) is 12.0 Å². The first-order chi connectivity index (χ1) is 7.24. The van der Waals surface area contributed by atoms with Gasteiger partial charge < -0.3 is 16.3 Å². The smallest absolute Gasteiger partial charge is 0.140 e. The second-order valence-electron chi connectivity index (χ2n) is 3.11. The van der Waals surface area contributed by atoms with Crippen molar-refractivity contribution in [1.82, 2.24) is 5.32 Å². The molecule has 0 heterocycles. The van der Waals surface area contributed by atoms with Crippen LogP contribution in [0.2, 0.25) is 5.02 Å². The Bertz CT molecular complexity index is 341. The minimum atomic E-state index is 0.224. The molecule has 0 bridgehead atoms. The topological polar surface area (TPSA) is 70.6 Å². The van der Waals surface area contributed by atoms with E-state index in [1.165, 1.54) is 0 Å². The highest BCUT2D eigenvalue weighted by Gasteiger charge is 1.98. The molecule has 15 heavy (non-hydrogen) atoms. The fraction of sp³-hybridized carbons (Fsp3) is 0.300. The fourth-order valence-corrected chi connectivity index (χ4v) is 1.33. The number of oxime groups is 1. The quantitative estimate of drug-likeness (QED) is 0.235. The van der Waals surface area contributed by atoms with Gasteiger partial charge in [0.2, 0.25) is 0 Å². The summed E-state index contributed by atoms with van der Waals surface area (Å²) in [6.45, 7) is 1.33. The van der Waals surface area contributed by atoms with Gasteiger partial charge in [0.1, 0.15) is 5.84 Å². The summed E-state index contributed by atoms with van der Waals surface area (Å²) >= 11 is 5.96. The molecule has 0 fully saturated rings. The number of hydrogen-bond acceptors (Lipinski definition) is 3. The lowest BCUT2D eigenvalue weighted by atomic mass is 10.2. The van der Waals surface area contributed by atoms with Crippen molar-refractivity contribution in [2.45, 2.75) is 13.0 Å². The number of amidine groups is 1. The van der Waals surface area contributed by atoms with E-state index in [1.54, 1.807) is 0 Å². The summed E-state index contributed by atoms with van der Waals surface area (Å²) in [5, 5.41) is 15.1. The van der Waals surface area contributed by atoms with Gasteiger partial charge in [-0.3, -0.25) is 0 Å². The van der Waals surface area contributed by atoms with Gasteiger partial charge in [-0.1, -0.05) is 35.0 Å².